The van der Waals surface area contributed by atoms with Crippen LogP contribution in [0.4, 0.5) is 4.39 Å². The van der Waals surface area contributed by atoms with E-state index in [9.17, 15) is 14.3 Å². The van der Waals surface area contributed by atoms with Gasteiger partial charge in [-0.05, 0) is 29.8 Å². The molecule has 6 heteroatoms. The Balaban J connectivity index is 1.68. The van der Waals surface area contributed by atoms with Crippen LogP contribution in [-0.4, -0.2) is 45.1 Å². The van der Waals surface area contributed by atoms with E-state index in [0.29, 0.717) is 24.4 Å². The summed E-state index contributed by atoms with van der Waals surface area (Å²) in [6.45, 7) is 0.715. The average molecular weight is 311 g/mol. The number of halogens is 1. The van der Waals surface area contributed by atoms with Gasteiger partial charge in [0.15, 0.2) is 0 Å². The third-order valence-electron chi connectivity index (χ3n) is 4.01. The number of aliphatic hydroxyl groups excluding tert-OH is 1. The van der Waals surface area contributed by atoms with Crippen molar-refractivity contribution in [2.24, 2.45) is 0 Å². The molecule has 23 heavy (non-hydrogen) atoms. The predicted molar refractivity (Wildman–Crippen MR) is 83.4 cm³/mol. The maximum absolute atomic E-state index is 13.3. The number of aromatic nitrogens is 2. The Morgan fingerprint density at radius 2 is 2.09 bits per heavy atom. The molecule has 5 nitrogen and oxygen atoms in total. The van der Waals surface area contributed by atoms with Crippen molar-refractivity contribution in [3.8, 4) is 11.1 Å². The zero-order valence-electron chi connectivity index (χ0n) is 12.2. The van der Waals surface area contributed by atoms with Crippen molar-refractivity contribution in [1.82, 2.24) is 14.9 Å². The summed E-state index contributed by atoms with van der Waals surface area (Å²) < 4.78 is 13.3. The van der Waals surface area contributed by atoms with Crippen molar-refractivity contribution < 1.29 is 14.3 Å². The molecule has 1 aromatic carbocycles. The molecule has 0 saturated carbocycles. The minimum Gasteiger partial charge on any atom is -0.389 e. The number of β-amino-alcohol motifs (C(OH)–C–C–N with tert-alkyl or cyclic N) is 1. The van der Waals surface area contributed by atoms with Gasteiger partial charge in [0.25, 0.3) is 5.91 Å². The summed E-state index contributed by atoms with van der Waals surface area (Å²) in [6.07, 6.45) is 1.22. The van der Waals surface area contributed by atoms with Crippen molar-refractivity contribution in [3.05, 3.63) is 54.1 Å². The first-order valence-electron chi connectivity index (χ1n) is 7.32. The van der Waals surface area contributed by atoms with E-state index in [1.165, 1.54) is 12.1 Å². The molecule has 1 amide bonds. The Bertz CT molecular complexity index is 900. The average Bonchev–Trinajstić information content (AvgIpc) is 2.94. The van der Waals surface area contributed by atoms with E-state index in [2.05, 4.69) is 9.97 Å². The summed E-state index contributed by atoms with van der Waals surface area (Å²) >= 11 is 0. The summed E-state index contributed by atoms with van der Waals surface area (Å²) in [5.41, 5.74) is 2.57. The number of benzene rings is 1. The SMILES string of the molecule is O=C(c1cc2cc(-c3cccc(F)c3)cnc2[nH]1)N1CC(O)C1. The van der Waals surface area contributed by atoms with Crippen LogP contribution in [0.25, 0.3) is 22.2 Å². The number of hydrogen-bond acceptors (Lipinski definition) is 3. The Kier molecular flexibility index (Phi) is 3.12. The highest BCUT2D eigenvalue weighted by Gasteiger charge is 2.30. The monoisotopic (exact) mass is 311 g/mol. The molecule has 0 aliphatic carbocycles. The van der Waals surface area contributed by atoms with Crippen LogP contribution >= 0.6 is 0 Å². The quantitative estimate of drug-likeness (QED) is 0.762. The highest BCUT2D eigenvalue weighted by molar-refractivity contribution is 5.98. The Labute approximate surface area is 131 Å². The number of nitrogens with one attached hydrogen (secondary N) is 1. The van der Waals surface area contributed by atoms with Crippen molar-refractivity contribution >= 4 is 16.9 Å². The van der Waals surface area contributed by atoms with Gasteiger partial charge in [0.1, 0.15) is 17.2 Å². The van der Waals surface area contributed by atoms with Gasteiger partial charge in [-0.15, -0.1) is 0 Å². The lowest BCUT2D eigenvalue weighted by Gasteiger charge is -2.35. The molecule has 0 atom stereocenters. The number of carbonyl (C=O) groups is 1. The molecular formula is C17H14FN3O2. The Morgan fingerprint density at radius 3 is 2.83 bits per heavy atom. The lowest BCUT2D eigenvalue weighted by Crippen LogP contribution is -2.53. The van der Waals surface area contributed by atoms with Gasteiger partial charge >= 0.3 is 0 Å². The zero-order valence-corrected chi connectivity index (χ0v) is 12.2. The third-order valence-corrected chi connectivity index (χ3v) is 4.01. The molecule has 1 fully saturated rings. The number of hydrogen-bond donors (Lipinski definition) is 2. The van der Waals surface area contributed by atoms with Crippen LogP contribution in [0.1, 0.15) is 10.5 Å². The van der Waals surface area contributed by atoms with E-state index < -0.39 is 6.10 Å². The van der Waals surface area contributed by atoms with Crippen LogP contribution in [-0.2, 0) is 0 Å². The van der Waals surface area contributed by atoms with Gasteiger partial charge in [-0.25, -0.2) is 9.37 Å². The number of likely N-dealkylation sites (tertiary alicyclic amines) is 1. The van der Waals surface area contributed by atoms with Gasteiger partial charge in [-0.3, -0.25) is 4.79 Å². The van der Waals surface area contributed by atoms with Gasteiger partial charge in [-0.2, -0.15) is 0 Å². The Morgan fingerprint density at radius 1 is 1.26 bits per heavy atom. The minimum atomic E-state index is -0.430. The summed E-state index contributed by atoms with van der Waals surface area (Å²) in [5, 5.41) is 10.1. The van der Waals surface area contributed by atoms with Crippen LogP contribution < -0.4 is 0 Å². The molecule has 0 bridgehead atoms. The van der Waals surface area contributed by atoms with Crippen LogP contribution in [0.5, 0.6) is 0 Å². The van der Waals surface area contributed by atoms with E-state index in [4.69, 9.17) is 0 Å². The first-order valence-corrected chi connectivity index (χ1v) is 7.32. The molecule has 1 aliphatic rings. The van der Waals surface area contributed by atoms with Gasteiger partial charge in [0, 0.05) is 30.2 Å². The fraction of sp³-hybridized carbons (Fsp3) is 0.176. The normalized spacial score (nSPS) is 15.0. The first kappa shape index (κ1) is 13.9. The standard InChI is InChI=1S/C17H14FN3O2/c18-13-3-1-2-10(5-13)12-4-11-6-15(20-16(11)19-7-12)17(23)21-8-14(22)9-21/h1-7,14,22H,8-9H2,(H,19,20). The van der Waals surface area contributed by atoms with E-state index >= 15 is 0 Å². The molecule has 4 rings (SSSR count). The van der Waals surface area contributed by atoms with Gasteiger partial charge in [0.05, 0.1) is 6.10 Å². The molecule has 3 aromatic rings. The summed E-state index contributed by atoms with van der Waals surface area (Å²) in [4.78, 5) is 21.1. The minimum absolute atomic E-state index is 0.152. The third kappa shape index (κ3) is 2.47. The molecule has 1 saturated heterocycles. The molecule has 2 N–H and O–H groups in total. The van der Waals surface area contributed by atoms with Crippen LogP contribution in [0.2, 0.25) is 0 Å². The second-order valence-corrected chi connectivity index (χ2v) is 5.72. The number of pyridine rings is 1. The molecule has 0 unspecified atom stereocenters. The number of amides is 1. The fourth-order valence-corrected chi connectivity index (χ4v) is 2.75. The number of fused-ring (bicyclic) bond motifs is 1. The highest BCUT2D eigenvalue weighted by Crippen LogP contribution is 2.24. The van der Waals surface area contributed by atoms with Gasteiger partial charge < -0.3 is 15.0 Å². The lowest BCUT2D eigenvalue weighted by atomic mass is 10.1. The topological polar surface area (TPSA) is 69.2 Å². The molecule has 0 radical (unpaired) electrons. The second-order valence-electron chi connectivity index (χ2n) is 5.72. The van der Waals surface area contributed by atoms with E-state index in [0.717, 1.165) is 16.5 Å². The summed E-state index contributed by atoms with van der Waals surface area (Å²) in [5.74, 6) is -0.454. The first-order chi connectivity index (χ1) is 11.1. The Hall–Kier alpha value is -2.73. The highest BCUT2D eigenvalue weighted by atomic mass is 19.1. The molecule has 3 heterocycles. The number of carbonyl (C=O) groups excluding carboxylic acids is 1. The van der Waals surface area contributed by atoms with Gasteiger partial charge in [0.2, 0.25) is 0 Å². The lowest BCUT2D eigenvalue weighted by molar-refractivity contribution is 0.00557. The number of H-pyrrole nitrogens is 1. The maximum Gasteiger partial charge on any atom is 0.270 e. The number of aliphatic hydroxyl groups is 1. The van der Waals surface area contributed by atoms with E-state index in [1.807, 2.05) is 12.1 Å². The second kappa shape index (κ2) is 5.17. The van der Waals surface area contributed by atoms with E-state index in [-0.39, 0.29) is 11.7 Å². The van der Waals surface area contributed by atoms with Crippen molar-refractivity contribution in [1.29, 1.82) is 0 Å². The van der Waals surface area contributed by atoms with E-state index in [1.54, 1.807) is 23.2 Å². The molecule has 2 aromatic heterocycles. The predicted octanol–water partition coefficient (Wildman–Crippen LogP) is 2.19. The fourth-order valence-electron chi connectivity index (χ4n) is 2.75. The van der Waals surface area contributed by atoms with Gasteiger partial charge in [-0.1, -0.05) is 12.1 Å². The summed E-state index contributed by atoms with van der Waals surface area (Å²) in [6, 6.07) is 9.91. The number of rotatable bonds is 2. The maximum atomic E-state index is 13.3. The molecule has 116 valence electrons. The van der Waals surface area contributed by atoms with Crippen LogP contribution in [0.3, 0.4) is 0 Å². The molecule has 0 spiro atoms. The zero-order chi connectivity index (χ0) is 16.0. The van der Waals surface area contributed by atoms with Crippen molar-refractivity contribution in [3.63, 3.8) is 0 Å². The van der Waals surface area contributed by atoms with Crippen LogP contribution in [0.15, 0.2) is 42.6 Å². The van der Waals surface area contributed by atoms with Crippen molar-refractivity contribution in [2.75, 3.05) is 13.1 Å². The smallest absolute Gasteiger partial charge is 0.270 e. The number of aromatic amines is 1. The number of nitrogens with zero attached hydrogens (tertiary/aromatic N) is 2. The van der Waals surface area contributed by atoms with Crippen molar-refractivity contribution in [2.45, 2.75) is 6.10 Å². The van der Waals surface area contributed by atoms with Crippen LogP contribution in [0, 0.1) is 5.82 Å². The molecular weight excluding hydrogens is 297 g/mol. The largest absolute Gasteiger partial charge is 0.389 e. The summed E-state index contributed by atoms with van der Waals surface area (Å²) in [7, 11) is 0. The molecule has 1 aliphatic heterocycles.